The van der Waals surface area contributed by atoms with Gasteiger partial charge in [0.25, 0.3) is 0 Å². The number of nitrogens with zero attached hydrogens (tertiary/aromatic N) is 1. The van der Waals surface area contributed by atoms with Gasteiger partial charge >= 0.3 is 5.69 Å². The first-order valence-electron chi connectivity index (χ1n) is 6.04. The van der Waals surface area contributed by atoms with Crippen molar-refractivity contribution in [3.63, 3.8) is 0 Å². The van der Waals surface area contributed by atoms with Crippen LogP contribution in [-0.2, 0) is 17.2 Å². The molecule has 0 aromatic carbocycles. The zero-order valence-electron chi connectivity index (χ0n) is 9.86. The number of aromatic nitrogens is 2. The molecule has 0 radical (unpaired) electrons. The van der Waals surface area contributed by atoms with Crippen LogP contribution in [0.5, 0.6) is 0 Å². The van der Waals surface area contributed by atoms with Gasteiger partial charge in [-0.05, 0) is 19.3 Å². The van der Waals surface area contributed by atoms with Gasteiger partial charge in [0.1, 0.15) is 10.7 Å². The van der Waals surface area contributed by atoms with Crippen molar-refractivity contribution < 1.29 is 9.32 Å². The van der Waals surface area contributed by atoms with Crippen molar-refractivity contribution in [3.05, 3.63) is 16.2 Å². The van der Waals surface area contributed by atoms with Crippen LogP contribution in [0, 0.1) is 0 Å². The number of nitrogens with one attached hydrogen (secondary N) is 2. The Kier molecular flexibility index (Phi) is 2.74. The molecule has 18 heavy (non-hydrogen) atoms. The molecular weight excluding hydrogens is 254 g/mol. The number of hydrogen-bond donors (Lipinski definition) is 3. The molecule has 6 nitrogen and oxygen atoms in total. The van der Waals surface area contributed by atoms with Gasteiger partial charge in [-0.3, -0.25) is 4.21 Å². The lowest BCUT2D eigenvalue weighted by Crippen LogP contribution is -2.49. The van der Waals surface area contributed by atoms with Gasteiger partial charge in [-0.1, -0.05) is 0 Å². The van der Waals surface area contributed by atoms with Crippen molar-refractivity contribution in [2.24, 2.45) is 0 Å². The topological polar surface area (TPSA) is 95.1 Å². The molecule has 3 rings (SSSR count). The Labute approximate surface area is 106 Å². The average molecular weight is 269 g/mol. The van der Waals surface area contributed by atoms with Crippen molar-refractivity contribution in [2.75, 3.05) is 17.7 Å². The van der Waals surface area contributed by atoms with Crippen LogP contribution in [0.1, 0.15) is 25.0 Å². The molecule has 0 saturated heterocycles. The van der Waals surface area contributed by atoms with E-state index in [1.54, 1.807) is 0 Å². The quantitative estimate of drug-likeness (QED) is 0.704. The maximum atomic E-state index is 11.9. The Morgan fingerprint density at radius 2 is 2.28 bits per heavy atom. The summed E-state index contributed by atoms with van der Waals surface area (Å²) in [7, 11) is -1.11. The minimum absolute atomic E-state index is 0.00286. The largest absolute Gasteiger partial charge is 0.394 e. The predicted octanol–water partition coefficient (Wildman–Crippen LogP) is -0.240. The van der Waals surface area contributed by atoms with E-state index >= 15 is 0 Å². The van der Waals surface area contributed by atoms with E-state index in [0.717, 1.165) is 19.3 Å². The second-order valence-electron chi connectivity index (χ2n) is 4.91. The first kappa shape index (κ1) is 11.9. The molecule has 98 valence electrons. The van der Waals surface area contributed by atoms with Crippen molar-refractivity contribution in [1.29, 1.82) is 0 Å². The minimum atomic E-state index is -1.11. The van der Waals surface area contributed by atoms with Gasteiger partial charge in [-0.15, -0.1) is 0 Å². The number of fused-ring (bicyclic) bond motifs is 1. The number of aryl methyl sites for hydroxylation is 1. The molecular formula is C11H15N3O3S. The Morgan fingerprint density at radius 3 is 2.89 bits per heavy atom. The van der Waals surface area contributed by atoms with Crippen molar-refractivity contribution >= 4 is 16.6 Å². The molecule has 1 fully saturated rings. The molecule has 3 N–H and O–H groups in total. The summed E-state index contributed by atoms with van der Waals surface area (Å²) in [5.41, 5.74) is -0.104. The van der Waals surface area contributed by atoms with Crippen LogP contribution in [0.2, 0.25) is 0 Å². The van der Waals surface area contributed by atoms with Gasteiger partial charge in [0.15, 0.2) is 0 Å². The van der Waals surface area contributed by atoms with E-state index in [9.17, 15) is 14.1 Å². The Balaban J connectivity index is 2.02. The Hall–Kier alpha value is -1.21. The summed E-state index contributed by atoms with van der Waals surface area (Å²) in [5.74, 6) is 0.913. The van der Waals surface area contributed by atoms with E-state index in [2.05, 4.69) is 15.3 Å². The number of H-pyrrole nitrogens is 1. The third kappa shape index (κ3) is 1.78. The fourth-order valence-electron chi connectivity index (χ4n) is 2.49. The van der Waals surface area contributed by atoms with Crippen molar-refractivity contribution in [1.82, 2.24) is 9.97 Å². The van der Waals surface area contributed by atoms with E-state index in [1.165, 1.54) is 0 Å². The molecule has 0 spiro atoms. The normalized spacial score (nSPS) is 24.4. The van der Waals surface area contributed by atoms with Gasteiger partial charge in [0.05, 0.1) is 22.9 Å². The second-order valence-corrected chi connectivity index (χ2v) is 6.42. The van der Waals surface area contributed by atoms with Crippen molar-refractivity contribution in [2.45, 2.75) is 36.1 Å². The summed E-state index contributed by atoms with van der Waals surface area (Å²) in [5, 5.41) is 12.6. The highest BCUT2D eigenvalue weighted by molar-refractivity contribution is 7.85. The minimum Gasteiger partial charge on any atom is -0.394 e. The molecule has 2 aliphatic rings. The first-order valence-corrected chi connectivity index (χ1v) is 7.36. The highest BCUT2D eigenvalue weighted by Crippen LogP contribution is 2.36. The molecule has 1 aromatic heterocycles. The van der Waals surface area contributed by atoms with E-state index < -0.39 is 16.5 Å². The van der Waals surface area contributed by atoms with E-state index in [0.29, 0.717) is 28.6 Å². The third-order valence-corrected chi connectivity index (χ3v) is 5.19. The van der Waals surface area contributed by atoms with Crippen LogP contribution in [0.4, 0.5) is 5.82 Å². The molecule has 1 aliphatic carbocycles. The van der Waals surface area contributed by atoms with E-state index in [1.807, 2.05) is 0 Å². The zero-order valence-corrected chi connectivity index (χ0v) is 10.7. The summed E-state index contributed by atoms with van der Waals surface area (Å²) in [6.07, 6.45) is 3.35. The summed E-state index contributed by atoms with van der Waals surface area (Å²) >= 11 is 0. The van der Waals surface area contributed by atoms with Crippen LogP contribution in [0.15, 0.2) is 9.69 Å². The number of rotatable bonds is 3. The smallest absolute Gasteiger partial charge is 0.347 e. The fourth-order valence-corrected chi connectivity index (χ4v) is 3.82. The van der Waals surface area contributed by atoms with Crippen LogP contribution >= 0.6 is 0 Å². The van der Waals surface area contributed by atoms with Gasteiger partial charge < -0.3 is 15.4 Å². The highest BCUT2D eigenvalue weighted by atomic mass is 32.2. The first-order chi connectivity index (χ1) is 8.63. The Morgan fingerprint density at radius 1 is 1.50 bits per heavy atom. The standard InChI is InChI=1S/C11H15N3O3S/c15-6-11(3-1-4-11)14-9-8-7(2-5-18(8)17)12-10(16)13-9/h15H,1-6H2,(H2,12,13,14,16)/t18-/m1/s1. The van der Waals surface area contributed by atoms with Crippen LogP contribution in [0.3, 0.4) is 0 Å². The molecule has 1 saturated carbocycles. The SMILES string of the molecule is O=c1nc(NC2(CO)CCC2)c2c([nH]1)CC[S@]2=O. The third-order valence-electron chi connectivity index (χ3n) is 3.72. The molecule has 1 aliphatic heterocycles. The predicted molar refractivity (Wildman–Crippen MR) is 67.1 cm³/mol. The van der Waals surface area contributed by atoms with Gasteiger partial charge in [-0.25, -0.2) is 4.79 Å². The van der Waals surface area contributed by atoms with Crippen LogP contribution in [-0.4, -0.2) is 37.2 Å². The summed E-state index contributed by atoms with van der Waals surface area (Å²) in [6, 6.07) is 0. The van der Waals surface area contributed by atoms with E-state index in [-0.39, 0.29) is 12.1 Å². The lowest BCUT2D eigenvalue weighted by Gasteiger charge is -2.41. The Bertz CT molecular complexity index is 560. The van der Waals surface area contributed by atoms with Crippen LogP contribution < -0.4 is 11.0 Å². The maximum Gasteiger partial charge on any atom is 0.347 e. The molecule has 0 amide bonds. The fraction of sp³-hybridized carbons (Fsp3) is 0.636. The summed E-state index contributed by atoms with van der Waals surface area (Å²) in [4.78, 5) is 18.6. The number of aliphatic hydroxyl groups excluding tert-OH is 1. The molecule has 0 bridgehead atoms. The number of aliphatic hydroxyl groups is 1. The highest BCUT2D eigenvalue weighted by Gasteiger charge is 2.38. The lowest BCUT2D eigenvalue weighted by atomic mass is 9.77. The maximum absolute atomic E-state index is 11.9. The lowest BCUT2D eigenvalue weighted by molar-refractivity contribution is 0.143. The summed E-state index contributed by atoms with van der Waals surface area (Å²) < 4.78 is 11.9. The molecule has 7 heteroatoms. The number of aromatic amines is 1. The second kappa shape index (κ2) is 4.17. The van der Waals surface area contributed by atoms with Gasteiger partial charge in [-0.2, -0.15) is 4.98 Å². The number of hydrogen-bond acceptors (Lipinski definition) is 5. The van der Waals surface area contributed by atoms with Crippen molar-refractivity contribution in [3.8, 4) is 0 Å². The monoisotopic (exact) mass is 269 g/mol. The molecule has 2 heterocycles. The molecule has 1 aromatic rings. The molecule has 0 unspecified atom stereocenters. The summed E-state index contributed by atoms with van der Waals surface area (Å²) in [6.45, 7) is 0.00286. The molecule has 1 atom stereocenters. The van der Waals surface area contributed by atoms with Gasteiger partial charge in [0.2, 0.25) is 0 Å². The van der Waals surface area contributed by atoms with Gasteiger partial charge in [0, 0.05) is 17.9 Å². The number of anilines is 1. The zero-order chi connectivity index (χ0) is 12.8. The average Bonchev–Trinajstić information content (AvgIpc) is 2.65. The van der Waals surface area contributed by atoms with E-state index in [4.69, 9.17) is 0 Å². The van der Waals surface area contributed by atoms with Crippen LogP contribution in [0.25, 0.3) is 0 Å².